The normalized spacial score (nSPS) is 11.4. The van der Waals surface area contributed by atoms with Crippen molar-refractivity contribution in [3.8, 4) is 5.75 Å². The first-order valence-electron chi connectivity index (χ1n) is 6.39. The second-order valence-electron chi connectivity index (χ2n) is 5.03. The van der Waals surface area contributed by atoms with Crippen LogP contribution in [0.4, 0.5) is 4.39 Å². The third-order valence-corrected chi connectivity index (χ3v) is 3.10. The lowest BCUT2D eigenvalue weighted by Gasteiger charge is -2.22. The second-order valence-corrected chi connectivity index (χ2v) is 5.03. The van der Waals surface area contributed by atoms with Crippen LogP contribution in [0.2, 0.25) is 0 Å². The van der Waals surface area contributed by atoms with Gasteiger partial charge < -0.3 is 14.2 Å². The molecule has 0 radical (unpaired) electrons. The predicted octanol–water partition coefficient (Wildman–Crippen LogP) is 2.85. The molecule has 0 aliphatic carbocycles. The van der Waals surface area contributed by atoms with Gasteiger partial charge in [-0.05, 0) is 38.5 Å². The topological polar surface area (TPSA) is 44.8 Å². The molecule has 0 N–H and O–H groups in total. The predicted molar refractivity (Wildman–Crippen MR) is 73.8 cm³/mol. The van der Waals surface area contributed by atoms with E-state index in [1.54, 1.807) is 7.11 Å². The molecule has 0 amide bonds. The van der Waals surface area contributed by atoms with E-state index in [2.05, 4.69) is 0 Å². The maximum Gasteiger partial charge on any atom is 0.192 e. The zero-order valence-electron chi connectivity index (χ0n) is 12.4. The highest BCUT2D eigenvalue weighted by Gasteiger charge is 2.17. The quantitative estimate of drug-likeness (QED) is 0.544. The van der Waals surface area contributed by atoms with E-state index in [9.17, 15) is 9.18 Å². The summed E-state index contributed by atoms with van der Waals surface area (Å²) in [4.78, 5) is 12.0. The molecule has 112 valence electrons. The zero-order chi connectivity index (χ0) is 15.2. The number of halogens is 1. The summed E-state index contributed by atoms with van der Waals surface area (Å²) in [6.07, 6.45) is 0.664. The van der Waals surface area contributed by atoms with E-state index in [-0.39, 0.29) is 23.6 Å². The van der Waals surface area contributed by atoms with Crippen molar-refractivity contribution in [2.75, 3.05) is 27.4 Å². The highest BCUT2D eigenvalue weighted by molar-refractivity contribution is 5.99. The number of methoxy groups -OCH3 is 2. The molecule has 0 fully saturated rings. The second kappa shape index (κ2) is 7.36. The summed E-state index contributed by atoms with van der Waals surface area (Å²) in [6, 6.07) is 3.83. The van der Waals surface area contributed by atoms with Crippen LogP contribution in [-0.4, -0.2) is 38.8 Å². The van der Waals surface area contributed by atoms with Gasteiger partial charge in [-0.2, -0.15) is 0 Å². The molecule has 1 aromatic carbocycles. The molecule has 0 saturated carbocycles. The van der Waals surface area contributed by atoms with E-state index < -0.39 is 5.82 Å². The molecule has 0 atom stereocenters. The number of hydrogen-bond donors (Lipinski definition) is 0. The van der Waals surface area contributed by atoms with Gasteiger partial charge in [0.15, 0.2) is 5.78 Å². The van der Waals surface area contributed by atoms with Crippen LogP contribution in [0.5, 0.6) is 5.75 Å². The number of Topliss-reactive ketones (excluding diaryl/α,β-unsaturated/α-hetero) is 1. The number of ether oxygens (including phenoxy) is 3. The van der Waals surface area contributed by atoms with Gasteiger partial charge in [0.2, 0.25) is 0 Å². The largest absolute Gasteiger partial charge is 0.496 e. The average Bonchev–Trinajstić information content (AvgIpc) is 2.43. The van der Waals surface area contributed by atoms with Gasteiger partial charge in [-0.1, -0.05) is 0 Å². The van der Waals surface area contributed by atoms with Crippen molar-refractivity contribution >= 4 is 5.78 Å². The van der Waals surface area contributed by atoms with Gasteiger partial charge in [-0.25, -0.2) is 4.39 Å². The number of hydrogen-bond acceptors (Lipinski definition) is 4. The number of ketones is 1. The van der Waals surface area contributed by atoms with Crippen LogP contribution in [0.3, 0.4) is 0 Å². The van der Waals surface area contributed by atoms with Crippen LogP contribution < -0.4 is 4.74 Å². The Labute approximate surface area is 118 Å². The van der Waals surface area contributed by atoms with Crippen LogP contribution in [0.25, 0.3) is 0 Å². The van der Waals surface area contributed by atoms with Gasteiger partial charge in [-0.3, -0.25) is 4.79 Å². The van der Waals surface area contributed by atoms with Crippen molar-refractivity contribution in [3.63, 3.8) is 0 Å². The van der Waals surface area contributed by atoms with E-state index in [4.69, 9.17) is 14.2 Å². The molecule has 20 heavy (non-hydrogen) atoms. The fraction of sp³-hybridized carbons (Fsp3) is 0.533. The fourth-order valence-corrected chi connectivity index (χ4v) is 1.56. The smallest absolute Gasteiger partial charge is 0.192 e. The molecular weight excluding hydrogens is 263 g/mol. The summed E-state index contributed by atoms with van der Waals surface area (Å²) in [5.41, 5.74) is -0.0990. The number of rotatable bonds is 8. The zero-order valence-corrected chi connectivity index (χ0v) is 12.4. The summed E-state index contributed by atoms with van der Waals surface area (Å²) >= 11 is 0. The molecule has 0 heterocycles. The Kier molecular flexibility index (Phi) is 6.10. The van der Waals surface area contributed by atoms with E-state index >= 15 is 0 Å². The molecule has 0 aromatic heterocycles. The van der Waals surface area contributed by atoms with E-state index in [1.807, 2.05) is 13.8 Å². The van der Waals surface area contributed by atoms with E-state index in [0.29, 0.717) is 18.8 Å². The Balaban J connectivity index is 2.53. The molecule has 1 aromatic rings. The number of carbonyl (C=O) groups excluding carboxylic acids is 1. The van der Waals surface area contributed by atoms with Gasteiger partial charge in [0.25, 0.3) is 0 Å². The SMILES string of the molecule is COc1ccc(F)cc1C(=O)COCCC(C)(C)OC. The molecule has 5 heteroatoms. The number of benzene rings is 1. The van der Waals surface area contributed by atoms with Crippen LogP contribution in [-0.2, 0) is 9.47 Å². The maximum absolute atomic E-state index is 13.2. The van der Waals surface area contributed by atoms with E-state index in [1.165, 1.54) is 19.2 Å². The third kappa shape index (κ3) is 4.90. The summed E-state index contributed by atoms with van der Waals surface area (Å²) in [7, 11) is 3.06. The Morgan fingerprint density at radius 2 is 2.00 bits per heavy atom. The first kappa shape index (κ1) is 16.6. The molecule has 0 saturated heterocycles. The van der Waals surface area contributed by atoms with Crippen LogP contribution in [0.15, 0.2) is 18.2 Å². The molecule has 0 unspecified atom stereocenters. The first-order chi connectivity index (χ1) is 9.39. The minimum atomic E-state index is -0.477. The van der Waals surface area contributed by atoms with Crippen molar-refractivity contribution < 1.29 is 23.4 Å². The standard InChI is InChI=1S/C15H21FO4/c1-15(2,19-4)7-8-20-10-13(17)12-9-11(16)5-6-14(12)18-3/h5-6,9H,7-8,10H2,1-4H3. The minimum absolute atomic E-state index is 0.112. The van der Waals surface area contributed by atoms with Crippen LogP contribution >= 0.6 is 0 Å². The highest BCUT2D eigenvalue weighted by atomic mass is 19.1. The van der Waals surface area contributed by atoms with Gasteiger partial charge in [0.05, 0.1) is 18.3 Å². The lowest BCUT2D eigenvalue weighted by atomic mass is 10.1. The Hall–Kier alpha value is -1.46. The Bertz CT molecular complexity index is 457. The lowest BCUT2D eigenvalue weighted by Crippen LogP contribution is -2.25. The van der Waals surface area contributed by atoms with Gasteiger partial charge in [-0.15, -0.1) is 0 Å². The van der Waals surface area contributed by atoms with Crippen molar-refractivity contribution in [2.45, 2.75) is 25.9 Å². The van der Waals surface area contributed by atoms with Gasteiger partial charge in [0, 0.05) is 13.7 Å². The monoisotopic (exact) mass is 284 g/mol. The summed E-state index contributed by atoms with van der Waals surface area (Å²) in [6.45, 7) is 4.16. The molecule has 0 bridgehead atoms. The highest BCUT2D eigenvalue weighted by Crippen LogP contribution is 2.20. The first-order valence-corrected chi connectivity index (χ1v) is 6.39. The van der Waals surface area contributed by atoms with Crippen molar-refractivity contribution in [1.29, 1.82) is 0 Å². The third-order valence-electron chi connectivity index (χ3n) is 3.10. The van der Waals surface area contributed by atoms with Crippen LogP contribution in [0, 0.1) is 5.82 Å². The van der Waals surface area contributed by atoms with E-state index in [0.717, 1.165) is 6.07 Å². The maximum atomic E-state index is 13.2. The lowest BCUT2D eigenvalue weighted by molar-refractivity contribution is -0.00839. The Morgan fingerprint density at radius 3 is 2.60 bits per heavy atom. The fourth-order valence-electron chi connectivity index (χ4n) is 1.56. The molecule has 0 aliphatic heterocycles. The molecule has 0 spiro atoms. The van der Waals surface area contributed by atoms with Crippen molar-refractivity contribution in [2.24, 2.45) is 0 Å². The molecule has 1 rings (SSSR count). The number of carbonyl (C=O) groups is 1. The molecule has 0 aliphatic rings. The van der Waals surface area contributed by atoms with Crippen molar-refractivity contribution in [1.82, 2.24) is 0 Å². The summed E-state index contributed by atoms with van der Waals surface area (Å²) in [5, 5.41) is 0. The average molecular weight is 284 g/mol. The Morgan fingerprint density at radius 1 is 1.30 bits per heavy atom. The van der Waals surface area contributed by atoms with Crippen LogP contribution in [0.1, 0.15) is 30.6 Å². The minimum Gasteiger partial charge on any atom is -0.496 e. The van der Waals surface area contributed by atoms with Gasteiger partial charge in [0.1, 0.15) is 18.2 Å². The van der Waals surface area contributed by atoms with Crippen molar-refractivity contribution in [3.05, 3.63) is 29.6 Å². The molecule has 4 nitrogen and oxygen atoms in total. The summed E-state index contributed by atoms with van der Waals surface area (Å²) in [5.74, 6) is -0.441. The molecular formula is C15H21FO4. The summed E-state index contributed by atoms with van der Waals surface area (Å²) < 4.78 is 28.8. The van der Waals surface area contributed by atoms with Gasteiger partial charge >= 0.3 is 0 Å².